The van der Waals surface area contributed by atoms with Crippen molar-refractivity contribution in [3.63, 3.8) is 0 Å². The van der Waals surface area contributed by atoms with E-state index in [0.717, 1.165) is 22.8 Å². The molecule has 0 saturated heterocycles. The first-order valence-corrected chi connectivity index (χ1v) is 6.10. The summed E-state index contributed by atoms with van der Waals surface area (Å²) in [5.74, 6) is 0. The smallest absolute Gasteiger partial charge is 0.0600 e. The Labute approximate surface area is 110 Å². The van der Waals surface area contributed by atoms with Gasteiger partial charge in [0.2, 0.25) is 0 Å². The van der Waals surface area contributed by atoms with Gasteiger partial charge < -0.3 is 0 Å². The Bertz CT molecular complexity index is 335. The van der Waals surface area contributed by atoms with Crippen molar-refractivity contribution in [2.45, 2.75) is 41.5 Å². The standard InChI is InChI=1S/2C6H8N2.C2H6/c1-5-3-8-6(2)4-7-5;1-5-3-4-6(2)8-7-5;1-2/h2*3-4H,1-2H3;1-2H3. The molecule has 0 atom stereocenters. The van der Waals surface area contributed by atoms with Crippen LogP contribution in [0.5, 0.6) is 0 Å². The van der Waals surface area contributed by atoms with Gasteiger partial charge in [-0.15, -0.1) is 0 Å². The van der Waals surface area contributed by atoms with E-state index in [1.807, 2.05) is 53.7 Å². The molecule has 0 aromatic carbocycles. The van der Waals surface area contributed by atoms with Gasteiger partial charge >= 0.3 is 0 Å². The quantitative estimate of drug-likeness (QED) is 0.716. The third-order valence-electron chi connectivity index (χ3n) is 1.84. The van der Waals surface area contributed by atoms with E-state index in [2.05, 4.69) is 20.2 Å². The van der Waals surface area contributed by atoms with Gasteiger partial charge in [-0.1, -0.05) is 13.8 Å². The maximum absolute atomic E-state index is 4.02. The van der Waals surface area contributed by atoms with Crippen molar-refractivity contribution in [3.05, 3.63) is 47.3 Å². The molecule has 98 valence electrons. The SMILES string of the molecule is CC.Cc1ccc(C)nn1.Cc1cnc(C)cn1. The van der Waals surface area contributed by atoms with Crippen molar-refractivity contribution in [2.75, 3.05) is 0 Å². The lowest BCUT2D eigenvalue weighted by atomic mass is 10.4. The summed E-state index contributed by atoms with van der Waals surface area (Å²) in [6, 6.07) is 3.89. The molecule has 0 radical (unpaired) electrons. The van der Waals surface area contributed by atoms with Crippen LogP contribution in [-0.4, -0.2) is 20.2 Å². The van der Waals surface area contributed by atoms with Crippen molar-refractivity contribution >= 4 is 0 Å². The monoisotopic (exact) mass is 246 g/mol. The van der Waals surface area contributed by atoms with E-state index in [0.29, 0.717) is 0 Å². The van der Waals surface area contributed by atoms with E-state index in [-0.39, 0.29) is 0 Å². The minimum atomic E-state index is 0.968. The molecule has 0 unspecified atom stereocenters. The molecule has 2 rings (SSSR count). The summed E-state index contributed by atoms with van der Waals surface area (Å²) >= 11 is 0. The molecule has 0 aliphatic rings. The number of hydrogen-bond acceptors (Lipinski definition) is 4. The van der Waals surface area contributed by atoms with Crippen LogP contribution in [0.2, 0.25) is 0 Å². The maximum atomic E-state index is 4.02. The van der Waals surface area contributed by atoms with Crippen LogP contribution in [0.4, 0.5) is 0 Å². The summed E-state index contributed by atoms with van der Waals surface area (Å²) in [6.07, 6.45) is 3.52. The Morgan fingerprint density at radius 2 is 0.944 bits per heavy atom. The van der Waals surface area contributed by atoms with Crippen molar-refractivity contribution in [2.24, 2.45) is 0 Å². The molecule has 2 aromatic heterocycles. The van der Waals surface area contributed by atoms with E-state index in [1.54, 1.807) is 12.4 Å². The molecule has 4 heteroatoms. The van der Waals surface area contributed by atoms with Crippen LogP contribution < -0.4 is 0 Å². The Morgan fingerprint density at radius 1 is 0.611 bits per heavy atom. The van der Waals surface area contributed by atoms with E-state index >= 15 is 0 Å². The van der Waals surface area contributed by atoms with Crippen LogP contribution in [0.15, 0.2) is 24.5 Å². The summed E-state index contributed by atoms with van der Waals surface area (Å²) in [6.45, 7) is 11.7. The number of aromatic nitrogens is 4. The van der Waals surface area contributed by atoms with Crippen molar-refractivity contribution < 1.29 is 0 Å². The number of aryl methyl sites for hydroxylation is 4. The van der Waals surface area contributed by atoms with Gasteiger partial charge in [0.05, 0.1) is 22.8 Å². The van der Waals surface area contributed by atoms with Crippen LogP contribution in [-0.2, 0) is 0 Å². The normalized spacial score (nSPS) is 8.56. The predicted molar refractivity (Wildman–Crippen MR) is 74.4 cm³/mol. The van der Waals surface area contributed by atoms with Gasteiger partial charge in [0.1, 0.15) is 0 Å². The highest BCUT2D eigenvalue weighted by Crippen LogP contribution is 1.90. The van der Waals surface area contributed by atoms with E-state index < -0.39 is 0 Å². The van der Waals surface area contributed by atoms with Gasteiger partial charge in [0.15, 0.2) is 0 Å². The minimum Gasteiger partial charge on any atom is -0.258 e. The summed E-state index contributed by atoms with van der Waals surface area (Å²) in [5, 5.41) is 7.66. The molecule has 2 aromatic rings. The second kappa shape index (κ2) is 9.22. The first kappa shape index (κ1) is 16.2. The number of nitrogens with zero attached hydrogens (tertiary/aromatic N) is 4. The fraction of sp³-hybridized carbons (Fsp3) is 0.429. The predicted octanol–water partition coefficient (Wildman–Crippen LogP) is 3.21. The summed E-state index contributed by atoms with van der Waals surface area (Å²) in [4.78, 5) is 8.03. The summed E-state index contributed by atoms with van der Waals surface area (Å²) < 4.78 is 0. The Hall–Kier alpha value is -1.84. The lowest BCUT2D eigenvalue weighted by Crippen LogP contribution is -1.86. The molecule has 0 N–H and O–H groups in total. The fourth-order valence-corrected chi connectivity index (χ4v) is 0.923. The first-order valence-electron chi connectivity index (χ1n) is 6.10. The zero-order valence-electron chi connectivity index (χ0n) is 12.1. The van der Waals surface area contributed by atoms with Crippen molar-refractivity contribution in [1.82, 2.24) is 20.2 Å². The highest BCUT2D eigenvalue weighted by atomic mass is 15.1. The highest BCUT2D eigenvalue weighted by Gasteiger charge is 1.83. The molecular weight excluding hydrogens is 224 g/mol. The lowest BCUT2D eigenvalue weighted by Gasteiger charge is -1.88. The van der Waals surface area contributed by atoms with Gasteiger partial charge in [-0.2, -0.15) is 10.2 Å². The molecule has 2 heterocycles. The van der Waals surface area contributed by atoms with E-state index in [4.69, 9.17) is 0 Å². The first-order chi connectivity index (χ1) is 8.58. The molecule has 0 spiro atoms. The highest BCUT2D eigenvalue weighted by molar-refractivity contribution is 5.02. The second-order valence-electron chi connectivity index (χ2n) is 3.62. The van der Waals surface area contributed by atoms with Crippen LogP contribution >= 0.6 is 0 Å². The lowest BCUT2D eigenvalue weighted by molar-refractivity contribution is 0.941. The molecule has 0 saturated carbocycles. The van der Waals surface area contributed by atoms with Crippen LogP contribution in [0.1, 0.15) is 36.6 Å². The molecule has 0 aliphatic carbocycles. The molecule has 0 aliphatic heterocycles. The second-order valence-corrected chi connectivity index (χ2v) is 3.62. The van der Waals surface area contributed by atoms with Crippen molar-refractivity contribution in [3.8, 4) is 0 Å². The molecule has 4 nitrogen and oxygen atoms in total. The van der Waals surface area contributed by atoms with E-state index in [1.165, 1.54) is 0 Å². The topological polar surface area (TPSA) is 51.6 Å². The Balaban J connectivity index is 0.000000283. The Morgan fingerprint density at radius 3 is 1.17 bits per heavy atom. The van der Waals surface area contributed by atoms with Gasteiger partial charge in [-0.3, -0.25) is 9.97 Å². The van der Waals surface area contributed by atoms with Crippen LogP contribution in [0.3, 0.4) is 0 Å². The van der Waals surface area contributed by atoms with Gasteiger partial charge in [-0.25, -0.2) is 0 Å². The van der Waals surface area contributed by atoms with Crippen LogP contribution in [0.25, 0.3) is 0 Å². The largest absolute Gasteiger partial charge is 0.258 e. The van der Waals surface area contributed by atoms with Gasteiger partial charge in [-0.05, 0) is 39.8 Å². The third-order valence-corrected chi connectivity index (χ3v) is 1.84. The molecule has 18 heavy (non-hydrogen) atoms. The molecular formula is C14H22N4. The molecule has 0 bridgehead atoms. The number of hydrogen-bond donors (Lipinski definition) is 0. The maximum Gasteiger partial charge on any atom is 0.0600 e. The fourth-order valence-electron chi connectivity index (χ4n) is 0.923. The zero-order valence-corrected chi connectivity index (χ0v) is 12.1. The molecule has 0 amide bonds. The average molecular weight is 246 g/mol. The van der Waals surface area contributed by atoms with Gasteiger partial charge in [0, 0.05) is 12.4 Å². The summed E-state index contributed by atoms with van der Waals surface area (Å²) in [5.41, 5.74) is 3.87. The number of rotatable bonds is 0. The third kappa shape index (κ3) is 7.44. The zero-order chi connectivity index (χ0) is 14.0. The average Bonchev–Trinajstić information content (AvgIpc) is 2.40. The summed E-state index contributed by atoms with van der Waals surface area (Å²) in [7, 11) is 0. The van der Waals surface area contributed by atoms with Gasteiger partial charge in [0.25, 0.3) is 0 Å². The molecule has 0 fully saturated rings. The Kier molecular flexibility index (Phi) is 8.27. The van der Waals surface area contributed by atoms with Crippen LogP contribution in [0, 0.1) is 27.7 Å². The van der Waals surface area contributed by atoms with Crippen molar-refractivity contribution in [1.29, 1.82) is 0 Å². The van der Waals surface area contributed by atoms with E-state index in [9.17, 15) is 0 Å². The minimum absolute atomic E-state index is 0.968.